The van der Waals surface area contributed by atoms with Gasteiger partial charge in [-0.05, 0) is 94.4 Å². The predicted molar refractivity (Wildman–Crippen MR) is 115 cm³/mol. The number of hydrogen-bond acceptors (Lipinski definition) is 3. The summed E-state index contributed by atoms with van der Waals surface area (Å²) in [5, 5.41) is 2.79. The average Bonchev–Trinajstić information content (AvgIpc) is 3.43. The number of ether oxygens (including phenoxy) is 2. The third-order valence-corrected chi connectivity index (χ3v) is 5.31. The van der Waals surface area contributed by atoms with Crippen LogP contribution in [0.1, 0.15) is 58.6 Å². The minimum Gasteiger partial charge on any atom is -0.483 e. The standard InChI is InChI=1S/C25H28FNO3/c1-24(2,3)27-23(28)29-18-12-13-19-20(14-18)30-25(4,5)22(16-6-7-16)21(19)15-8-10-17(26)11-9-15/h8-14,16H,6-7H2,1-5H3,(H,27,28). The molecule has 0 radical (unpaired) electrons. The molecule has 1 amide bonds. The van der Waals surface area contributed by atoms with E-state index in [1.165, 1.54) is 17.7 Å². The van der Waals surface area contributed by atoms with Crippen LogP contribution in [0, 0.1) is 11.7 Å². The lowest BCUT2D eigenvalue weighted by Gasteiger charge is -2.38. The average molecular weight is 410 g/mol. The first-order chi connectivity index (χ1) is 14.0. The third-order valence-electron chi connectivity index (χ3n) is 5.31. The van der Waals surface area contributed by atoms with E-state index in [0.29, 0.717) is 17.4 Å². The van der Waals surface area contributed by atoms with Crippen LogP contribution in [-0.2, 0) is 0 Å². The van der Waals surface area contributed by atoms with Crippen LogP contribution in [0.3, 0.4) is 0 Å². The zero-order valence-corrected chi connectivity index (χ0v) is 18.1. The van der Waals surface area contributed by atoms with Gasteiger partial charge in [-0.1, -0.05) is 12.1 Å². The lowest BCUT2D eigenvalue weighted by molar-refractivity contribution is 0.138. The van der Waals surface area contributed by atoms with Gasteiger partial charge in [0.25, 0.3) is 0 Å². The Labute approximate surface area is 177 Å². The van der Waals surface area contributed by atoms with E-state index in [4.69, 9.17) is 9.47 Å². The molecule has 2 aromatic carbocycles. The molecule has 4 rings (SSSR count). The second-order valence-electron chi connectivity index (χ2n) is 9.60. The molecule has 30 heavy (non-hydrogen) atoms. The Kier molecular flexibility index (Phi) is 4.88. The predicted octanol–water partition coefficient (Wildman–Crippen LogP) is 6.10. The van der Waals surface area contributed by atoms with Crippen LogP contribution in [0.5, 0.6) is 11.5 Å². The molecule has 1 N–H and O–H groups in total. The number of amides is 1. The molecule has 2 aromatic rings. The van der Waals surface area contributed by atoms with Crippen molar-refractivity contribution in [2.45, 2.75) is 58.6 Å². The number of carbonyl (C=O) groups excluding carboxylic acids is 1. The molecule has 1 saturated carbocycles. The van der Waals surface area contributed by atoms with Crippen molar-refractivity contribution in [2.75, 3.05) is 0 Å². The molecule has 0 spiro atoms. The van der Waals surface area contributed by atoms with Gasteiger partial charge in [-0.2, -0.15) is 0 Å². The Hall–Kier alpha value is -2.82. The van der Waals surface area contributed by atoms with Gasteiger partial charge in [0, 0.05) is 17.2 Å². The highest BCUT2D eigenvalue weighted by atomic mass is 19.1. The summed E-state index contributed by atoms with van der Waals surface area (Å²) in [6.07, 6.45) is 1.76. The molecular formula is C25H28FNO3. The fourth-order valence-electron chi connectivity index (χ4n) is 4.07. The van der Waals surface area contributed by atoms with Crippen molar-refractivity contribution in [2.24, 2.45) is 5.92 Å². The van der Waals surface area contributed by atoms with Crippen LogP contribution in [-0.4, -0.2) is 17.2 Å². The van der Waals surface area contributed by atoms with E-state index < -0.39 is 11.7 Å². The summed E-state index contributed by atoms with van der Waals surface area (Å²) in [4.78, 5) is 12.2. The first-order valence-corrected chi connectivity index (χ1v) is 10.4. The molecule has 5 heteroatoms. The molecule has 0 saturated heterocycles. The van der Waals surface area contributed by atoms with Crippen LogP contribution in [0.25, 0.3) is 5.57 Å². The molecule has 4 nitrogen and oxygen atoms in total. The van der Waals surface area contributed by atoms with Crippen LogP contribution in [0.2, 0.25) is 0 Å². The Bertz CT molecular complexity index is 1010. The van der Waals surface area contributed by atoms with E-state index in [-0.39, 0.29) is 11.4 Å². The fraction of sp³-hybridized carbons (Fsp3) is 0.400. The summed E-state index contributed by atoms with van der Waals surface area (Å²) in [7, 11) is 0. The summed E-state index contributed by atoms with van der Waals surface area (Å²) in [6.45, 7) is 9.81. The van der Waals surface area contributed by atoms with Crippen molar-refractivity contribution in [3.8, 4) is 11.5 Å². The number of benzene rings is 2. The first kappa shape index (κ1) is 20.5. The maximum absolute atomic E-state index is 13.6. The van der Waals surface area contributed by atoms with E-state index >= 15 is 0 Å². The Morgan fingerprint density at radius 1 is 1.13 bits per heavy atom. The normalized spacial score (nSPS) is 17.8. The zero-order chi connectivity index (χ0) is 21.7. The number of hydrogen-bond donors (Lipinski definition) is 1. The SMILES string of the molecule is CC(C)(C)NC(=O)Oc1ccc2c(c1)OC(C)(C)C(C1CC1)=C2c1ccc(F)cc1. The molecule has 0 aromatic heterocycles. The summed E-state index contributed by atoms with van der Waals surface area (Å²) in [5.74, 6) is 1.29. The van der Waals surface area contributed by atoms with Crippen LogP contribution in [0.4, 0.5) is 9.18 Å². The highest BCUT2D eigenvalue weighted by Gasteiger charge is 2.43. The molecule has 1 heterocycles. The van der Waals surface area contributed by atoms with Crippen molar-refractivity contribution in [1.82, 2.24) is 5.32 Å². The monoisotopic (exact) mass is 409 g/mol. The Balaban J connectivity index is 1.76. The Morgan fingerprint density at radius 3 is 2.40 bits per heavy atom. The summed E-state index contributed by atoms with van der Waals surface area (Å²) < 4.78 is 25.4. The molecule has 0 unspecified atom stereocenters. The third kappa shape index (κ3) is 4.20. The van der Waals surface area contributed by atoms with Gasteiger partial charge in [0.1, 0.15) is 22.9 Å². The van der Waals surface area contributed by atoms with Crippen molar-refractivity contribution >= 4 is 11.7 Å². The highest BCUT2D eigenvalue weighted by Crippen LogP contribution is 2.53. The van der Waals surface area contributed by atoms with Gasteiger partial charge in [-0.15, -0.1) is 0 Å². The minimum atomic E-state index is -0.510. The maximum atomic E-state index is 13.6. The van der Waals surface area contributed by atoms with E-state index in [2.05, 4.69) is 19.2 Å². The van der Waals surface area contributed by atoms with Crippen molar-refractivity contribution in [1.29, 1.82) is 0 Å². The lowest BCUT2D eigenvalue weighted by Crippen LogP contribution is -2.42. The highest BCUT2D eigenvalue weighted by molar-refractivity contribution is 5.88. The molecule has 1 aliphatic heterocycles. The smallest absolute Gasteiger partial charge is 0.413 e. The topological polar surface area (TPSA) is 47.6 Å². The summed E-state index contributed by atoms with van der Waals surface area (Å²) in [5.41, 5.74) is 3.35. The molecule has 0 atom stereocenters. The quantitative estimate of drug-likeness (QED) is 0.667. The van der Waals surface area contributed by atoms with Gasteiger partial charge >= 0.3 is 6.09 Å². The second-order valence-corrected chi connectivity index (χ2v) is 9.60. The number of rotatable bonds is 3. The number of nitrogens with one attached hydrogen (secondary N) is 1. The van der Waals surface area contributed by atoms with E-state index in [1.807, 2.05) is 39.0 Å². The molecule has 1 fully saturated rings. The van der Waals surface area contributed by atoms with Gasteiger partial charge in [-0.3, -0.25) is 0 Å². The molecule has 158 valence electrons. The Morgan fingerprint density at radius 2 is 1.80 bits per heavy atom. The number of carbonyl (C=O) groups is 1. The molecule has 1 aliphatic carbocycles. The molecule has 0 bridgehead atoms. The molecular weight excluding hydrogens is 381 g/mol. The second kappa shape index (κ2) is 7.15. The summed E-state index contributed by atoms with van der Waals surface area (Å²) >= 11 is 0. The van der Waals surface area contributed by atoms with Crippen LogP contribution < -0.4 is 14.8 Å². The zero-order valence-electron chi connectivity index (χ0n) is 18.1. The maximum Gasteiger partial charge on any atom is 0.413 e. The van der Waals surface area contributed by atoms with Gasteiger partial charge in [0.2, 0.25) is 0 Å². The van der Waals surface area contributed by atoms with Gasteiger partial charge in [0.15, 0.2) is 0 Å². The van der Waals surface area contributed by atoms with Crippen LogP contribution in [0.15, 0.2) is 48.0 Å². The van der Waals surface area contributed by atoms with Crippen LogP contribution >= 0.6 is 0 Å². The number of fused-ring (bicyclic) bond motifs is 1. The van der Waals surface area contributed by atoms with Gasteiger partial charge < -0.3 is 14.8 Å². The van der Waals surface area contributed by atoms with Crippen molar-refractivity contribution in [3.05, 3.63) is 65.0 Å². The van der Waals surface area contributed by atoms with Gasteiger partial charge in [0.05, 0.1) is 0 Å². The van der Waals surface area contributed by atoms with E-state index in [1.54, 1.807) is 12.1 Å². The van der Waals surface area contributed by atoms with Gasteiger partial charge in [-0.25, -0.2) is 9.18 Å². The van der Waals surface area contributed by atoms with E-state index in [9.17, 15) is 9.18 Å². The molecule has 2 aliphatic rings. The largest absolute Gasteiger partial charge is 0.483 e. The van der Waals surface area contributed by atoms with E-state index in [0.717, 1.165) is 29.5 Å². The minimum absolute atomic E-state index is 0.257. The lowest BCUT2D eigenvalue weighted by atomic mass is 9.80. The van der Waals surface area contributed by atoms with Crippen molar-refractivity contribution < 1.29 is 18.7 Å². The number of halogens is 1. The van der Waals surface area contributed by atoms with Crippen molar-refractivity contribution in [3.63, 3.8) is 0 Å². The fourth-order valence-corrected chi connectivity index (χ4v) is 4.07. The summed E-state index contributed by atoms with van der Waals surface area (Å²) in [6, 6.07) is 12.1. The first-order valence-electron chi connectivity index (χ1n) is 10.4.